The van der Waals surface area contributed by atoms with Gasteiger partial charge in [-0.2, -0.15) is 0 Å². The fourth-order valence-corrected chi connectivity index (χ4v) is 4.27. The van der Waals surface area contributed by atoms with E-state index in [0.29, 0.717) is 6.54 Å². The molecule has 0 radical (unpaired) electrons. The Morgan fingerprint density at radius 2 is 1.77 bits per heavy atom. The van der Waals surface area contributed by atoms with Gasteiger partial charge in [-0.15, -0.1) is 0 Å². The van der Waals surface area contributed by atoms with Gasteiger partial charge in [-0.05, 0) is 49.5 Å². The quantitative estimate of drug-likeness (QED) is 0.801. The minimum atomic E-state index is -1.04. The third-order valence-electron chi connectivity index (χ3n) is 5.28. The summed E-state index contributed by atoms with van der Waals surface area (Å²) < 4.78 is 0. The summed E-state index contributed by atoms with van der Waals surface area (Å²) in [4.78, 5) is 23.7. The molecule has 3 rings (SSSR count). The number of carbonyl (C=O) groups is 2. The number of hydrogen-bond donors (Lipinski definition) is 1. The number of carbonyl (C=O) groups excluding carboxylic acids is 2. The van der Waals surface area contributed by atoms with Gasteiger partial charge in [-0.25, -0.2) is 0 Å². The highest BCUT2D eigenvalue weighted by Crippen LogP contribution is 2.52. The number of rotatable bonds is 6. The molecule has 0 unspecified atom stereocenters. The first-order chi connectivity index (χ1) is 10.7. The summed E-state index contributed by atoms with van der Waals surface area (Å²) in [7, 11) is 0. The van der Waals surface area contributed by atoms with E-state index in [0.717, 1.165) is 32.1 Å². The number of fused-ring (bicyclic) bond motifs is 2. The van der Waals surface area contributed by atoms with Gasteiger partial charge in [-0.3, -0.25) is 4.79 Å². The number of benzene rings is 1. The van der Waals surface area contributed by atoms with E-state index in [1.54, 1.807) is 0 Å². The average molecular weight is 300 g/mol. The summed E-state index contributed by atoms with van der Waals surface area (Å²) in [5.41, 5.74) is 1.25. The van der Waals surface area contributed by atoms with Crippen LogP contribution in [0, 0.1) is 23.7 Å². The maximum absolute atomic E-state index is 12.4. The van der Waals surface area contributed by atoms with E-state index in [4.69, 9.17) is 0 Å². The molecular weight excluding hydrogens is 278 g/mol. The Hall–Kier alpha value is -1.84. The van der Waals surface area contributed by atoms with Gasteiger partial charge in [0, 0.05) is 24.3 Å². The smallest absolute Gasteiger partial charge is 0.224 e. The molecule has 0 heterocycles. The Morgan fingerprint density at radius 1 is 1.09 bits per heavy atom. The van der Waals surface area contributed by atoms with E-state index >= 15 is 0 Å². The molecule has 2 aliphatic rings. The van der Waals surface area contributed by atoms with Crippen LogP contribution in [0.15, 0.2) is 30.3 Å². The molecule has 1 N–H and O–H groups in total. The zero-order valence-electron chi connectivity index (χ0n) is 12.7. The molecular formula is C18H22NO3-. The molecule has 2 bridgehead atoms. The number of nitrogens with one attached hydrogen (secondary N) is 1. The van der Waals surface area contributed by atoms with Crippen LogP contribution < -0.4 is 10.4 Å². The van der Waals surface area contributed by atoms with E-state index in [9.17, 15) is 14.7 Å². The van der Waals surface area contributed by atoms with Crippen LogP contribution >= 0.6 is 0 Å². The lowest BCUT2D eigenvalue weighted by Crippen LogP contribution is -2.46. The monoisotopic (exact) mass is 300 g/mol. The van der Waals surface area contributed by atoms with Crippen LogP contribution in [0.4, 0.5) is 0 Å². The summed E-state index contributed by atoms with van der Waals surface area (Å²) in [6.45, 7) is 0.599. The number of carboxylic acid groups (broad SMARTS) is 1. The van der Waals surface area contributed by atoms with E-state index in [1.807, 2.05) is 18.2 Å². The van der Waals surface area contributed by atoms with Gasteiger partial charge in [0.05, 0.1) is 0 Å². The molecule has 2 aliphatic carbocycles. The van der Waals surface area contributed by atoms with Gasteiger partial charge >= 0.3 is 0 Å². The summed E-state index contributed by atoms with van der Waals surface area (Å²) in [6.07, 6.45) is 4.58. The number of amides is 1. The lowest BCUT2D eigenvalue weighted by Gasteiger charge is -2.30. The second kappa shape index (κ2) is 6.51. The minimum absolute atomic E-state index is 0.0885. The van der Waals surface area contributed by atoms with Gasteiger partial charge in [0.2, 0.25) is 5.91 Å². The Morgan fingerprint density at radius 3 is 2.45 bits per heavy atom. The summed E-state index contributed by atoms with van der Waals surface area (Å²) in [5, 5.41) is 14.3. The van der Waals surface area contributed by atoms with Crippen LogP contribution in [-0.2, 0) is 16.0 Å². The number of hydrogen-bond acceptors (Lipinski definition) is 3. The van der Waals surface area contributed by atoms with Gasteiger partial charge in [0.1, 0.15) is 0 Å². The first-order valence-electron chi connectivity index (χ1n) is 8.19. The Balaban J connectivity index is 1.48. The minimum Gasteiger partial charge on any atom is -0.550 e. The predicted octanol–water partition coefficient (Wildman–Crippen LogP) is 1.15. The maximum atomic E-state index is 12.4. The fourth-order valence-electron chi connectivity index (χ4n) is 4.27. The van der Waals surface area contributed by atoms with Crippen molar-refractivity contribution in [3.8, 4) is 0 Å². The molecule has 2 saturated carbocycles. The van der Waals surface area contributed by atoms with Crippen LogP contribution in [-0.4, -0.2) is 18.4 Å². The second-order valence-electron chi connectivity index (χ2n) is 6.58. The van der Waals surface area contributed by atoms with Crippen molar-refractivity contribution in [1.82, 2.24) is 5.32 Å². The zero-order chi connectivity index (χ0) is 15.5. The summed E-state index contributed by atoms with van der Waals surface area (Å²) >= 11 is 0. The van der Waals surface area contributed by atoms with Crippen molar-refractivity contribution in [1.29, 1.82) is 0 Å². The van der Waals surface area contributed by atoms with Gasteiger partial charge < -0.3 is 15.2 Å². The van der Waals surface area contributed by atoms with E-state index in [2.05, 4.69) is 17.4 Å². The van der Waals surface area contributed by atoms with Crippen molar-refractivity contribution in [2.24, 2.45) is 23.7 Å². The average Bonchev–Trinajstić information content (AvgIpc) is 3.13. The van der Waals surface area contributed by atoms with Crippen LogP contribution in [0.2, 0.25) is 0 Å². The van der Waals surface area contributed by atoms with Crippen LogP contribution in [0.1, 0.15) is 31.2 Å². The SMILES string of the molecule is O=C(NCCCc1ccccc1)[C@@H]1[C@@H]2CC[C@@H](C2)[C@@H]1C(=O)[O-]. The summed E-state index contributed by atoms with van der Waals surface area (Å²) in [5.74, 6) is -1.70. The van der Waals surface area contributed by atoms with Gasteiger partial charge in [0.15, 0.2) is 0 Å². The first kappa shape index (κ1) is 15.1. The summed E-state index contributed by atoms with van der Waals surface area (Å²) in [6, 6.07) is 10.1. The van der Waals surface area contributed by atoms with Crippen molar-refractivity contribution in [2.45, 2.75) is 32.1 Å². The highest BCUT2D eigenvalue weighted by molar-refractivity contribution is 5.85. The zero-order valence-corrected chi connectivity index (χ0v) is 12.7. The molecule has 4 atom stereocenters. The molecule has 1 aromatic carbocycles. The van der Waals surface area contributed by atoms with Gasteiger partial charge in [0.25, 0.3) is 0 Å². The number of aryl methyl sites for hydroxylation is 1. The third-order valence-corrected chi connectivity index (χ3v) is 5.28. The Kier molecular flexibility index (Phi) is 4.46. The lowest BCUT2D eigenvalue weighted by atomic mass is 9.78. The molecule has 22 heavy (non-hydrogen) atoms. The van der Waals surface area contributed by atoms with Gasteiger partial charge in [-0.1, -0.05) is 30.3 Å². The van der Waals surface area contributed by atoms with Crippen molar-refractivity contribution in [3.05, 3.63) is 35.9 Å². The Labute approximate surface area is 130 Å². The molecule has 118 valence electrons. The van der Waals surface area contributed by atoms with E-state index < -0.39 is 11.9 Å². The Bertz CT molecular complexity index is 543. The maximum Gasteiger partial charge on any atom is 0.224 e. The van der Waals surface area contributed by atoms with Crippen molar-refractivity contribution in [2.75, 3.05) is 6.54 Å². The molecule has 0 spiro atoms. The molecule has 0 saturated heterocycles. The third kappa shape index (κ3) is 3.01. The fraction of sp³-hybridized carbons (Fsp3) is 0.556. The number of carboxylic acids is 1. The van der Waals surface area contributed by atoms with Crippen molar-refractivity contribution < 1.29 is 14.7 Å². The number of aliphatic carboxylic acids is 1. The molecule has 4 nitrogen and oxygen atoms in total. The highest BCUT2D eigenvalue weighted by Gasteiger charge is 2.51. The largest absolute Gasteiger partial charge is 0.550 e. The molecule has 4 heteroatoms. The first-order valence-corrected chi connectivity index (χ1v) is 8.19. The van der Waals surface area contributed by atoms with Crippen LogP contribution in [0.3, 0.4) is 0 Å². The topological polar surface area (TPSA) is 69.2 Å². The molecule has 2 fully saturated rings. The molecule has 1 aromatic rings. The second-order valence-corrected chi connectivity index (χ2v) is 6.58. The van der Waals surface area contributed by atoms with E-state index in [-0.39, 0.29) is 23.7 Å². The van der Waals surface area contributed by atoms with Crippen molar-refractivity contribution >= 4 is 11.9 Å². The van der Waals surface area contributed by atoms with Crippen LogP contribution in [0.5, 0.6) is 0 Å². The lowest BCUT2D eigenvalue weighted by molar-refractivity contribution is -0.314. The predicted molar refractivity (Wildman–Crippen MR) is 80.6 cm³/mol. The molecule has 1 amide bonds. The van der Waals surface area contributed by atoms with Crippen molar-refractivity contribution in [3.63, 3.8) is 0 Å². The highest BCUT2D eigenvalue weighted by atomic mass is 16.4. The molecule has 0 aliphatic heterocycles. The molecule has 0 aromatic heterocycles. The van der Waals surface area contributed by atoms with E-state index in [1.165, 1.54) is 5.56 Å². The van der Waals surface area contributed by atoms with Crippen LogP contribution in [0.25, 0.3) is 0 Å². The standard InChI is InChI=1S/C18H23NO3/c20-17(19-10-4-7-12-5-2-1-3-6-12)15-13-8-9-14(11-13)16(15)18(21)22/h1-3,5-6,13-16H,4,7-11H2,(H,19,20)(H,21,22)/p-1/t13-,14+,15-,16+/m1/s1. The normalized spacial score (nSPS) is 29.5.